The molecule has 4 aromatic rings. The number of pyridine rings is 1. The van der Waals surface area contributed by atoms with Gasteiger partial charge in [0.25, 0.3) is 5.91 Å². The number of carbonyl (C=O) groups excluding carboxylic acids is 1. The third-order valence-corrected chi connectivity index (χ3v) is 4.38. The van der Waals surface area contributed by atoms with Crippen molar-refractivity contribution in [3.8, 4) is 16.9 Å². The molecule has 6 heteroatoms. The molecule has 2 aromatic carbocycles. The summed E-state index contributed by atoms with van der Waals surface area (Å²) in [7, 11) is 1.65. The number of nitrogens with zero attached hydrogens (tertiary/aromatic N) is 2. The molecule has 0 unspecified atom stereocenters. The molecule has 6 nitrogen and oxygen atoms in total. The molecule has 1 N–H and O–H groups in total. The minimum atomic E-state index is -0.304. The third kappa shape index (κ3) is 3.37. The molecule has 2 aromatic heterocycles. The Morgan fingerprint density at radius 3 is 2.85 bits per heavy atom. The second-order valence-electron chi connectivity index (χ2n) is 5.97. The van der Waals surface area contributed by atoms with Crippen LogP contribution in [0.4, 0.5) is 0 Å². The summed E-state index contributed by atoms with van der Waals surface area (Å²) >= 11 is 0. The molecule has 0 saturated carbocycles. The van der Waals surface area contributed by atoms with Gasteiger partial charge in [-0.05, 0) is 40.3 Å². The van der Waals surface area contributed by atoms with E-state index < -0.39 is 0 Å². The zero-order chi connectivity index (χ0) is 18.6. The van der Waals surface area contributed by atoms with Crippen molar-refractivity contribution in [3.05, 3.63) is 78.8 Å². The van der Waals surface area contributed by atoms with Crippen molar-refractivity contribution >= 4 is 16.7 Å². The molecule has 0 bridgehead atoms. The molecule has 0 saturated heterocycles. The summed E-state index contributed by atoms with van der Waals surface area (Å²) in [5.41, 5.74) is 3.11. The lowest BCUT2D eigenvalue weighted by Crippen LogP contribution is -2.22. The Morgan fingerprint density at radius 2 is 2.04 bits per heavy atom. The van der Waals surface area contributed by atoms with E-state index in [-0.39, 0.29) is 11.7 Å². The number of ether oxygens (including phenoxy) is 1. The number of carbonyl (C=O) groups is 1. The van der Waals surface area contributed by atoms with Crippen molar-refractivity contribution in [2.45, 2.75) is 6.54 Å². The predicted octanol–water partition coefficient (Wildman–Crippen LogP) is 3.83. The van der Waals surface area contributed by atoms with E-state index >= 15 is 0 Å². The van der Waals surface area contributed by atoms with Gasteiger partial charge in [-0.3, -0.25) is 9.78 Å². The van der Waals surface area contributed by atoms with Gasteiger partial charge in [0.05, 0.1) is 13.3 Å². The van der Waals surface area contributed by atoms with Crippen LogP contribution in [-0.2, 0) is 6.54 Å². The van der Waals surface area contributed by atoms with Crippen molar-refractivity contribution in [2.24, 2.45) is 0 Å². The number of amides is 1. The number of aromatic nitrogens is 2. The Bertz CT molecular complexity index is 1090. The van der Waals surface area contributed by atoms with Gasteiger partial charge in [0.15, 0.2) is 6.39 Å². The number of nitrogens with one attached hydrogen (secondary N) is 1. The highest BCUT2D eigenvalue weighted by Gasteiger charge is 2.12. The molecular weight excluding hydrogens is 342 g/mol. The molecule has 0 radical (unpaired) electrons. The smallest absolute Gasteiger partial charge is 0.288 e. The van der Waals surface area contributed by atoms with E-state index in [1.807, 2.05) is 48.7 Å². The monoisotopic (exact) mass is 359 g/mol. The lowest BCUT2D eigenvalue weighted by atomic mass is 9.96. The first-order valence-corrected chi connectivity index (χ1v) is 8.43. The zero-order valence-electron chi connectivity index (χ0n) is 14.7. The summed E-state index contributed by atoms with van der Waals surface area (Å²) in [5.74, 6) is 0.685. The SMILES string of the molecule is COc1cccc(-c2ccc(CNC(=O)c3cnco3)c3cnccc23)c1. The molecule has 0 aliphatic rings. The lowest BCUT2D eigenvalue weighted by Gasteiger charge is -2.12. The zero-order valence-corrected chi connectivity index (χ0v) is 14.7. The van der Waals surface area contributed by atoms with Crippen LogP contribution < -0.4 is 10.1 Å². The van der Waals surface area contributed by atoms with E-state index in [0.717, 1.165) is 33.2 Å². The Labute approximate surface area is 155 Å². The fourth-order valence-corrected chi connectivity index (χ4v) is 3.04. The summed E-state index contributed by atoms with van der Waals surface area (Å²) in [6.45, 7) is 0.361. The highest BCUT2D eigenvalue weighted by Crippen LogP contribution is 2.32. The highest BCUT2D eigenvalue weighted by atomic mass is 16.5. The van der Waals surface area contributed by atoms with Gasteiger partial charge in [-0.25, -0.2) is 4.98 Å². The number of hydrogen-bond donors (Lipinski definition) is 1. The maximum atomic E-state index is 12.1. The molecule has 27 heavy (non-hydrogen) atoms. The van der Waals surface area contributed by atoms with Crippen molar-refractivity contribution in [1.82, 2.24) is 15.3 Å². The first-order valence-electron chi connectivity index (χ1n) is 8.43. The summed E-state index contributed by atoms with van der Waals surface area (Å²) in [6.07, 6.45) is 6.20. The molecule has 0 atom stereocenters. The fourth-order valence-electron chi connectivity index (χ4n) is 3.04. The highest BCUT2D eigenvalue weighted by molar-refractivity contribution is 5.98. The normalized spacial score (nSPS) is 10.7. The van der Waals surface area contributed by atoms with Crippen molar-refractivity contribution < 1.29 is 13.9 Å². The molecule has 1 amide bonds. The Balaban J connectivity index is 1.69. The summed E-state index contributed by atoms with van der Waals surface area (Å²) in [6, 6.07) is 14.0. The standard InChI is InChI=1S/C21H17N3O3/c1-26-16-4-2-3-14(9-16)17-6-5-15(19-11-22-8-7-18(17)19)10-24-21(25)20-12-23-13-27-20/h2-9,11-13H,10H2,1H3,(H,24,25). The number of fused-ring (bicyclic) bond motifs is 1. The van der Waals surface area contributed by atoms with Crippen LogP contribution in [0.3, 0.4) is 0 Å². The van der Waals surface area contributed by atoms with Gasteiger partial charge in [0.2, 0.25) is 5.76 Å². The van der Waals surface area contributed by atoms with Gasteiger partial charge in [-0.1, -0.05) is 24.3 Å². The Hall–Kier alpha value is -3.67. The van der Waals surface area contributed by atoms with Crippen LogP contribution >= 0.6 is 0 Å². The van der Waals surface area contributed by atoms with Crippen LogP contribution in [0.25, 0.3) is 21.9 Å². The second-order valence-corrected chi connectivity index (χ2v) is 5.97. The molecule has 0 aliphatic heterocycles. The maximum Gasteiger partial charge on any atom is 0.288 e. The van der Waals surface area contributed by atoms with Crippen LogP contribution in [0.5, 0.6) is 5.75 Å². The van der Waals surface area contributed by atoms with E-state index in [9.17, 15) is 4.79 Å². The van der Waals surface area contributed by atoms with Gasteiger partial charge < -0.3 is 14.5 Å². The first kappa shape index (κ1) is 16.8. The second kappa shape index (κ2) is 7.29. The third-order valence-electron chi connectivity index (χ3n) is 4.38. The Kier molecular flexibility index (Phi) is 4.53. The van der Waals surface area contributed by atoms with Crippen molar-refractivity contribution in [3.63, 3.8) is 0 Å². The molecule has 0 fully saturated rings. The molecule has 134 valence electrons. The van der Waals surface area contributed by atoms with Gasteiger partial charge in [0, 0.05) is 24.3 Å². The fraction of sp³-hybridized carbons (Fsp3) is 0.0952. The molecule has 2 heterocycles. The van der Waals surface area contributed by atoms with Gasteiger partial charge >= 0.3 is 0 Å². The van der Waals surface area contributed by atoms with Crippen LogP contribution in [0, 0.1) is 0 Å². The lowest BCUT2D eigenvalue weighted by molar-refractivity contribution is 0.0923. The number of oxazole rings is 1. The van der Waals surface area contributed by atoms with E-state index in [4.69, 9.17) is 9.15 Å². The molecular formula is C21H17N3O3. The van der Waals surface area contributed by atoms with E-state index in [1.165, 1.54) is 12.6 Å². The number of rotatable bonds is 5. The molecule has 0 aliphatic carbocycles. The molecule has 0 spiro atoms. The van der Waals surface area contributed by atoms with Crippen LogP contribution in [-0.4, -0.2) is 23.0 Å². The topological polar surface area (TPSA) is 77.2 Å². The minimum absolute atomic E-state index is 0.186. The largest absolute Gasteiger partial charge is 0.497 e. The predicted molar refractivity (Wildman–Crippen MR) is 101 cm³/mol. The van der Waals surface area contributed by atoms with Gasteiger partial charge in [0.1, 0.15) is 5.75 Å². The van der Waals surface area contributed by atoms with E-state index in [0.29, 0.717) is 6.54 Å². The quantitative estimate of drug-likeness (QED) is 0.586. The van der Waals surface area contributed by atoms with Gasteiger partial charge in [-0.2, -0.15) is 0 Å². The summed E-state index contributed by atoms with van der Waals surface area (Å²) in [5, 5.41) is 4.89. The van der Waals surface area contributed by atoms with Crippen LogP contribution in [0.1, 0.15) is 16.1 Å². The van der Waals surface area contributed by atoms with Crippen molar-refractivity contribution in [2.75, 3.05) is 7.11 Å². The van der Waals surface area contributed by atoms with Crippen LogP contribution in [0.2, 0.25) is 0 Å². The average Bonchev–Trinajstić information content (AvgIpc) is 3.27. The average molecular weight is 359 g/mol. The number of methoxy groups -OCH3 is 1. The minimum Gasteiger partial charge on any atom is -0.497 e. The van der Waals surface area contributed by atoms with Crippen molar-refractivity contribution in [1.29, 1.82) is 0 Å². The van der Waals surface area contributed by atoms with E-state index in [2.05, 4.69) is 15.3 Å². The first-order chi connectivity index (χ1) is 13.3. The number of benzene rings is 2. The summed E-state index contributed by atoms with van der Waals surface area (Å²) in [4.78, 5) is 20.1. The van der Waals surface area contributed by atoms with E-state index in [1.54, 1.807) is 13.3 Å². The molecule has 4 rings (SSSR count). The van der Waals surface area contributed by atoms with Gasteiger partial charge in [-0.15, -0.1) is 0 Å². The number of hydrogen-bond acceptors (Lipinski definition) is 5. The van der Waals surface area contributed by atoms with Crippen LogP contribution in [0.15, 0.2) is 71.9 Å². The summed E-state index contributed by atoms with van der Waals surface area (Å²) < 4.78 is 10.4. The maximum absolute atomic E-state index is 12.1. The Morgan fingerprint density at radius 1 is 1.11 bits per heavy atom.